The fourth-order valence-corrected chi connectivity index (χ4v) is 3.31. The molecule has 1 aliphatic rings. The molecule has 2 amide bonds. The number of rotatable bonds is 4. The first-order valence-corrected chi connectivity index (χ1v) is 9.04. The lowest BCUT2D eigenvalue weighted by Crippen LogP contribution is -2.54. The molecule has 28 heavy (non-hydrogen) atoms. The molecular formula is C21H21F3N2O2. The highest BCUT2D eigenvalue weighted by Gasteiger charge is 2.46. The number of benzene rings is 2. The molecule has 0 spiro atoms. The quantitative estimate of drug-likeness (QED) is 0.783. The van der Waals surface area contributed by atoms with E-state index in [1.807, 2.05) is 66.8 Å². The molecule has 2 N–H and O–H groups in total. The molecule has 0 radical (unpaired) electrons. The number of hydrogen-bond donors (Lipinski definition) is 2. The minimum Gasteiger partial charge on any atom is -0.344 e. The summed E-state index contributed by atoms with van der Waals surface area (Å²) in [4.78, 5) is 24.9. The molecule has 0 aromatic heterocycles. The molecule has 7 heteroatoms. The fraction of sp³-hybridized carbons (Fsp3) is 0.333. The van der Waals surface area contributed by atoms with Gasteiger partial charge < -0.3 is 10.6 Å². The van der Waals surface area contributed by atoms with Crippen LogP contribution in [0.3, 0.4) is 0 Å². The lowest BCUT2D eigenvalue weighted by molar-refractivity contribution is -0.171. The molecule has 3 rings (SSSR count). The molecule has 2 aromatic carbocycles. The van der Waals surface area contributed by atoms with Crippen LogP contribution < -0.4 is 10.6 Å². The maximum Gasteiger partial charge on any atom is 0.408 e. The summed E-state index contributed by atoms with van der Waals surface area (Å²) in [5.74, 6) is -2.61. The molecule has 1 heterocycles. The Balaban J connectivity index is 1.79. The Labute approximate surface area is 161 Å². The Morgan fingerprint density at radius 3 is 2.21 bits per heavy atom. The van der Waals surface area contributed by atoms with Gasteiger partial charge in [-0.05, 0) is 30.9 Å². The second kappa shape index (κ2) is 8.04. The number of carbonyl (C=O) groups excluding carboxylic acids is 2. The predicted octanol–water partition coefficient (Wildman–Crippen LogP) is 3.66. The van der Waals surface area contributed by atoms with Crippen LogP contribution in [0.5, 0.6) is 0 Å². The lowest BCUT2D eigenvalue weighted by Gasteiger charge is -2.31. The van der Waals surface area contributed by atoms with Gasteiger partial charge in [0.1, 0.15) is 12.0 Å². The number of amides is 2. The van der Waals surface area contributed by atoms with E-state index in [0.29, 0.717) is 0 Å². The highest BCUT2D eigenvalue weighted by Crippen LogP contribution is 2.29. The van der Waals surface area contributed by atoms with Crippen LogP contribution in [0.2, 0.25) is 0 Å². The third-order valence-corrected chi connectivity index (χ3v) is 4.92. The van der Waals surface area contributed by atoms with Crippen LogP contribution in [-0.2, 0) is 9.59 Å². The smallest absolute Gasteiger partial charge is 0.344 e. The van der Waals surface area contributed by atoms with Crippen LogP contribution in [0.15, 0.2) is 54.6 Å². The second-order valence-corrected chi connectivity index (χ2v) is 7.00. The van der Waals surface area contributed by atoms with Crippen LogP contribution in [-0.4, -0.2) is 24.0 Å². The molecule has 0 aliphatic carbocycles. The Kier molecular flexibility index (Phi) is 5.72. The Hall–Kier alpha value is -2.83. The molecule has 3 atom stereocenters. The van der Waals surface area contributed by atoms with Gasteiger partial charge in [-0.25, -0.2) is 0 Å². The first kappa shape index (κ1) is 19.9. The van der Waals surface area contributed by atoms with Gasteiger partial charge in [0.15, 0.2) is 0 Å². The summed E-state index contributed by atoms with van der Waals surface area (Å²) >= 11 is 0. The number of piperidine rings is 1. The zero-order valence-electron chi connectivity index (χ0n) is 15.3. The van der Waals surface area contributed by atoms with Crippen molar-refractivity contribution in [3.05, 3.63) is 71.3 Å². The Morgan fingerprint density at radius 2 is 1.64 bits per heavy atom. The van der Waals surface area contributed by atoms with Crippen molar-refractivity contribution < 1.29 is 22.8 Å². The van der Waals surface area contributed by atoms with Gasteiger partial charge in [-0.1, -0.05) is 60.2 Å². The van der Waals surface area contributed by atoms with E-state index in [1.165, 1.54) is 0 Å². The first-order valence-electron chi connectivity index (χ1n) is 9.04. The Morgan fingerprint density at radius 1 is 1.04 bits per heavy atom. The maximum atomic E-state index is 12.8. The molecule has 0 bridgehead atoms. The highest BCUT2D eigenvalue weighted by atomic mass is 19.4. The monoisotopic (exact) mass is 390 g/mol. The fourth-order valence-electron chi connectivity index (χ4n) is 3.31. The van der Waals surface area contributed by atoms with Crippen LogP contribution in [0.1, 0.15) is 35.6 Å². The average Bonchev–Trinajstić information content (AvgIpc) is 2.66. The van der Waals surface area contributed by atoms with E-state index in [-0.39, 0.29) is 12.8 Å². The summed E-state index contributed by atoms with van der Waals surface area (Å²) in [6, 6.07) is 14.4. The zero-order valence-corrected chi connectivity index (χ0v) is 15.3. The van der Waals surface area contributed by atoms with Crippen molar-refractivity contribution in [2.45, 2.75) is 38.0 Å². The Bertz CT molecular complexity index is 835. The summed E-state index contributed by atoms with van der Waals surface area (Å²) < 4.78 is 38.4. The highest BCUT2D eigenvalue weighted by molar-refractivity contribution is 6.01. The summed E-state index contributed by atoms with van der Waals surface area (Å²) in [5.41, 5.74) is 2.71. The number of aryl methyl sites for hydroxylation is 1. The van der Waals surface area contributed by atoms with Crippen molar-refractivity contribution in [1.82, 2.24) is 10.6 Å². The van der Waals surface area contributed by atoms with E-state index in [0.717, 1.165) is 16.7 Å². The van der Waals surface area contributed by atoms with E-state index in [1.54, 1.807) is 0 Å². The van der Waals surface area contributed by atoms with Gasteiger partial charge in [-0.2, -0.15) is 13.2 Å². The summed E-state index contributed by atoms with van der Waals surface area (Å²) in [6.07, 6.45) is -4.96. The first-order chi connectivity index (χ1) is 13.3. The molecule has 2 aromatic rings. The van der Waals surface area contributed by atoms with E-state index in [2.05, 4.69) is 5.32 Å². The molecule has 3 unspecified atom stereocenters. The van der Waals surface area contributed by atoms with E-state index >= 15 is 0 Å². The normalized spacial score (nSPS) is 20.9. The van der Waals surface area contributed by atoms with E-state index in [4.69, 9.17) is 0 Å². The van der Waals surface area contributed by atoms with Crippen molar-refractivity contribution in [1.29, 1.82) is 0 Å². The van der Waals surface area contributed by atoms with Gasteiger partial charge in [-0.3, -0.25) is 9.59 Å². The topological polar surface area (TPSA) is 58.2 Å². The number of nitrogens with one attached hydrogen (secondary N) is 2. The molecule has 1 saturated heterocycles. The SMILES string of the molecule is Cc1ccc(C(NC(=O)C2CCC(C(F)(F)F)NC2=O)c2ccccc2)cc1. The third-order valence-electron chi connectivity index (χ3n) is 4.92. The minimum absolute atomic E-state index is 0.142. The lowest BCUT2D eigenvalue weighted by atomic mass is 9.91. The predicted molar refractivity (Wildman–Crippen MR) is 98.3 cm³/mol. The van der Waals surface area contributed by atoms with E-state index < -0.39 is 36.0 Å². The van der Waals surface area contributed by atoms with Gasteiger partial charge in [-0.15, -0.1) is 0 Å². The van der Waals surface area contributed by atoms with Crippen LogP contribution in [0.4, 0.5) is 13.2 Å². The molecule has 1 aliphatic heterocycles. The largest absolute Gasteiger partial charge is 0.408 e. The van der Waals surface area contributed by atoms with Crippen LogP contribution in [0, 0.1) is 12.8 Å². The van der Waals surface area contributed by atoms with Gasteiger partial charge in [0.25, 0.3) is 0 Å². The standard InChI is InChI=1S/C21H21F3N2O2/c1-13-7-9-15(10-8-13)18(14-5-3-2-4-6-14)26-20(28)16-11-12-17(21(22,23)24)25-19(16)27/h2-10,16-18H,11-12H2,1H3,(H,25,27)(H,26,28). The molecule has 4 nitrogen and oxygen atoms in total. The number of carbonyl (C=O) groups is 2. The molecular weight excluding hydrogens is 369 g/mol. The average molecular weight is 390 g/mol. The van der Waals surface area contributed by atoms with Gasteiger partial charge in [0.05, 0.1) is 6.04 Å². The third kappa shape index (κ3) is 4.52. The number of alkyl halides is 3. The number of hydrogen-bond acceptors (Lipinski definition) is 2. The molecule has 0 saturated carbocycles. The van der Waals surface area contributed by atoms with Gasteiger partial charge in [0.2, 0.25) is 11.8 Å². The van der Waals surface area contributed by atoms with Gasteiger partial charge >= 0.3 is 6.18 Å². The van der Waals surface area contributed by atoms with Gasteiger partial charge in [0, 0.05) is 0 Å². The van der Waals surface area contributed by atoms with E-state index in [9.17, 15) is 22.8 Å². The molecule has 148 valence electrons. The van der Waals surface area contributed by atoms with Crippen molar-refractivity contribution in [3.63, 3.8) is 0 Å². The summed E-state index contributed by atoms with van der Waals surface area (Å²) in [5, 5.41) is 4.76. The number of halogens is 3. The maximum absolute atomic E-state index is 12.8. The van der Waals surface area contributed by atoms with Crippen molar-refractivity contribution in [3.8, 4) is 0 Å². The summed E-state index contributed by atoms with van der Waals surface area (Å²) in [7, 11) is 0. The zero-order chi connectivity index (χ0) is 20.3. The van der Waals surface area contributed by atoms with Crippen LogP contribution in [0.25, 0.3) is 0 Å². The van der Waals surface area contributed by atoms with Crippen molar-refractivity contribution >= 4 is 11.8 Å². The second-order valence-electron chi connectivity index (χ2n) is 7.00. The van der Waals surface area contributed by atoms with Crippen molar-refractivity contribution in [2.24, 2.45) is 5.92 Å². The minimum atomic E-state index is -4.51. The van der Waals surface area contributed by atoms with Crippen LogP contribution >= 0.6 is 0 Å². The summed E-state index contributed by atoms with van der Waals surface area (Å²) in [6.45, 7) is 1.95. The molecule has 1 fully saturated rings. The van der Waals surface area contributed by atoms with Crippen molar-refractivity contribution in [2.75, 3.05) is 0 Å².